The Bertz CT molecular complexity index is 449. The van der Waals surface area contributed by atoms with Crippen LogP contribution in [-0.4, -0.2) is 41.2 Å². The van der Waals surface area contributed by atoms with Crippen molar-refractivity contribution in [2.24, 2.45) is 0 Å². The molecule has 1 aromatic heterocycles. The Morgan fingerprint density at radius 2 is 2.20 bits per heavy atom. The summed E-state index contributed by atoms with van der Waals surface area (Å²) in [5, 5.41) is 8.70. The lowest BCUT2D eigenvalue weighted by molar-refractivity contribution is -0.173. The molecule has 0 spiro atoms. The number of carbonyl (C=O) groups is 1. The molecule has 1 heterocycles. The molecule has 20 heavy (non-hydrogen) atoms. The van der Waals surface area contributed by atoms with Gasteiger partial charge in [0.15, 0.2) is 0 Å². The van der Waals surface area contributed by atoms with Gasteiger partial charge in [-0.05, 0) is 13.3 Å². The molecule has 9 heteroatoms. The van der Waals surface area contributed by atoms with E-state index in [4.69, 9.17) is 5.11 Å². The minimum atomic E-state index is -4.29. The van der Waals surface area contributed by atoms with Gasteiger partial charge in [0.05, 0.1) is 12.1 Å². The van der Waals surface area contributed by atoms with E-state index in [0.717, 1.165) is 4.34 Å². The summed E-state index contributed by atoms with van der Waals surface area (Å²) in [5.41, 5.74) is 0.688. The monoisotopic (exact) mass is 329 g/mol. The Balaban J connectivity index is 2.24. The number of hydrogen-bond acceptors (Lipinski definition) is 5. The van der Waals surface area contributed by atoms with Crippen molar-refractivity contribution < 1.29 is 27.8 Å². The van der Waals surface area contributed by atoms with E-state index in [1.807, 2.05) is 0 Å². The number of nitrogens with zero attached hydrogens (tertiary/aromatic N) is 1. The molecule has 0 bridgehead atoms. The van der Waals surface area contributed by atoms with Crippen LogP contribution in [0.4, 0.5) is 13.2 Å². The second-order valence-corrected chi connectivity index (χ2v) is 6.35. The molecule has 0 aromatic carbocycles. The third-order valence-corrected chi connectivity index (χ3v) is 4.50. The summed E-state index contributed by atoms with van der Waals surface area (Å²) in [6, 6.07) is 0. The van der Waals surface area contributed by atoms with Gasteiger partial charge in [0.1, 0.15) is 10.9 Å². The largest absolute Gasteiger partial charge is 0.481 e. The average molecular weight is 329 g/mol. The van der Waals surface area contributed by atoms with Gasteiger partial charge in [-0.25, -0.2) is 4.98 Å². The highest BCUT2D eigenvalue weighted by molar-refractivity contribution is 8.01. The number of carboxylic acids is 1. The van der Waals surface area contributed by atoms with Gasteiger partial charge in [-0.15, -0.1) is 11.3 Å². The predicted molar refractivity (Wildman–Crippen MR) is 70.4 cm³/mol. The Labute approximate surface area is 122 Å². The first-order chi connectivity index (χ1) is 9.28. The highest BCUT2D eigenvalue weighted by atomic mass is 32.2. The van der Waals surface area contributed by atoms with Crippen LogP contribution >= 0.6 is 23.1 Å². The minimum Gasteiger partial charge on any atom is -0.481 e. The number of thiazole rings is 1. The SMILES string of the molecule is Cc1nc(SCCCOCC(F)(F)F)sc1CC(=O)O. The van der Waals surface area contributed by atoms with Crippen LogP contribution in [0.1, 0.15) is 17.0 Å². The van der Waals surface area contributed by atoms with Gasteiger partial charge in [-0.3, -0.25) is 4.79 Å². The van der Waals surface area contributed by atoms with Crippen molar-refractivity contribution >= 4 is 29.1 Å². The summed E-state index contributed by atoms with van der Waals surface area (Å²) >= 11 is 2.70. The molecule has 0 fully saturated rings. The average Bonchev–Trinajstić information content (AvgIpc) is 2.62. The Morgan fingerprint density at radius 1 is 1.50 bits per heavy atom. The normalized spacial score (nSPS) is 11.8. The maximum Gasteiger partial charge on any atom is 0.411 e. The number of ether oxygens (including phenoxy) is 1. The van der Waals surface area contributed by atoms with Gasteiger partial charge in [0.2, 0.25) is 0 Å². The Morgan fingerprint density at radius 3 is 2.80 bits per heavy atom. The van der Waals surface area contributed by atoms with Gasteiger partial charge < -0.3 is 9.84 Å². The first kappa shape index (κ1) is 17.3. The summed E-state index contributed by atoms with van der Waals surface area (Å²) in [6.07, 6.45) is -3.86. The lowest BCUT2D eigenvalue weighted by Crippen LogP contribution is -2.17. The summed E-state index contributed by atoms with van der Waals surface area (Å²) in [4.78, 5) is 15.5. The van der Waals surface area contributed by atoms with E-state index in [0.29, 0.717) is 22.7 Å². The van der Waals surface area contributed by atoms with Crippen LogP contribution < -0.4 is 0 Å². The van der Waals surface area contributed by atoms with E-state index in [-0.39, 0.29) is 13.0 Å². The lowest BCUT2D eigenvalue weighted by atomic mass is 10.3. The second kappa shape index (κ2) is 7.84. The van der Waals surface area contributed by atoms with Gasteiger partial charge in [-0.2, -0.15) is 13.2 Å². The van der Waals surface area contributed by atoms with Crippen molar-refractivity contribution in [2.75, 3.05) is 19.0 Å². The zero-order chi connectivity index (χ0) is 15.2. The van der Waals surface area contributed by atoms with Crippen molar-refractivity contribution in [3.05, 3.63) is 10.6 Å². The first-order valence-corrected chi connectivity index (χ1v) is 7.53. The van der Waals surface area contributed by atoms with Gasteiger partial charge >= 0.3 is 12.1 Å². The second-order valence-electron chi connectivity index (χ2n) is 3.93. The maximum atomic E-state index is 11.8. The molecule has 4 nitrogen and oxygen atoms in total. The molecule has 0 saturated heterocycles. The van der Waals surface area contributed by atoms with Crippen LogP contribution in [-0.2, 0) is 16.0 Å². The summed E-state index contributed by atoms with van der Waals surface area (Å²) in [5.74, 6) is -0.328. The molecular weight excluding hydrogens is 315 g/mol. The first-order valence-electron chi connectivity index (χ1n) is 5.73. The van der Waals surface area contributed by atoms with Crippen LogP contribution in [0.3, 0.4) is 0 Å². The molecule has 0 radical (unpaired) electrons. The number of alkyl halides is 3. The highest BCUT2D eigenvalue weighted by Gasteiger charge is 2.27. The fourth-order valence-corrected chi connectivity index (χ4v) is 3.48. The number of aromatic nitrogens is 1. The lowest BCUT2D eigenvalue weighted by Gasteiger charge is -2.06. The zero-order valence-corrected chi connectivity index (χ0v) is 12.3. The van der Waals surface area contributed by atoms with E-state index in [9.17, 15) is 18.0 Å². The van der Waals surface area contributed by atoms with Crippen molar-refractivity contribution in [3.8, 4) is 0 Å². The molecule has 0 aliphatic heterocycles. The molecule has 1 N–H and O–H groups in total. The highest BCUT2D eigenvalue weighted by Crippen LogP contribution is 2.28. The fourth-order valence-electron chi connectivity index (χ4n) is 1.27. The molecule has 0 amide bonds. The molecular formula is C11H14F3NO3S2. The van der Waals surface area contributed by atoms with E-state index >= 15 is 0 Å². The number of hydrogen-bond donors (Lipinski definition) is 1. The number of aliphatic carboxylic acids is 1. The number of halogens is 3. The van der Waals surface area contributed by atoms with Crippen molar-refractivity contribution in [3.63, 3.8) is 0 Å². The quantitative estimate of drug-likeness (QED) is 0.586. The smallest absolute Gasteiger partial charge is 0.411 e. The summed E-state index contributed by atoms with van der Waals surface area (Å²) in [7, 11) is 0. The standard InChI is InChI=1S/C11H14F3NO3S2/c1-7-8(5-9(16)17)20-10(15-7)19-4-2-3-18-6-11(12,13)14/h2-6H2,1H3,(H,16,17). The maximum absolute atomic E-state index is 11.8. The Hall–Kier alpha value is -0.800. The Kier molecular flexibility index (Phi) is 6.77. The summed E-state index contributed by atoms with van der Waals surface area (Å²) in [6.45, 7) is 0.556. The molecule has 0 saturated carbocycles. The van der Waals surface area contributed by atoms with Gasteiger partial charge in [0, 0.05) is 17.2 Å². The van der Waals surface area contributed by atoms with E-state index < -0.39 is 18.8 Å². The molecule has 0 unspecified atom stereocenters. The number of aryl methyl sites for hydroxylation is 1. The van der Waals surface area contributed by atoms with Crippen molar-refractivity contribution in [2.45, 2.75) is 30.3 Å². The van der Waals surface area contributed by atoms with E-state index in [1.54, 1.807) is 6.92 Å². The number of rotatable bonds is 8. The fraction of sp³-hybridized carbons (Fsp3) is 0.636. The molecule has 1 rings (SSSR count). The third kappa shape index (κ3) is 7.11. The van der Waals surface area contributed by atoms with Crippen LogP contribution in [0, 0.1) is 6.92 Å². The number of carboxylic acid groups (broad SMARTS) is 1. The van der Waals surface area contributed by atoms with Crippen molar-refractivity contribution in [1.82, 2.24) is 4.98 Å². The minimum absolute atomic E-state index is 0.0405. The molecule has 1 aromatic rings. The van der Waals surface area contributed by atoms with Crippen LogP contribution in [0.2, 0.25) is 0 Å². The molecule has 114 valence electrons. The predicted octanol–water partition coefficient (Wildman–Crippen LogP) is 3.14. The van der Waals surface area contributed by atoms with Crippen LogP contribution in [0.5, 0.6) is 0 Å². The van der Waals surface area contributed by atoms with Gasteiger partial charge in [0.25, 0.3) is 0 Å². The number of thioether (sulfide) groups is 1. The van der Waals surface area contributed by atoms with E-state index in [2.05, 4.69) is 9.72 Å². The molecule has 0 atom stereocenters. The molecule has 0 aliphatic rings. The van der Waals surface area contributed by atoms with Crippen LogP contribution in [0.15, 0.2) is 4.34 Å². The third-order valence-electron chi connectivity index (χ3n) is 2.11. The van der Waals surface area contributed by atoms with Gasteiger partial charge in [-0.1, -0.05) is 11.8 Å². The van der Waals surface area contributed by atoms with Crippen LogP contribution in [0.25, 0.3) is 0 Å². The zero-order valence-electron chi connectivity index (χ0n) is 10.7. The topological polar surface area (TPSA) is 59.4 Å². The van der Waals surface area contributed by atoms with Crippen molar-refractivity contribution in [1.29, 1.82) is 0 Å². The summed E-state index contributed by atoms with van der Waals surface area (Å²) < 4.78 is 40.6. The molecule has 0 aliphatic carbocycles. The van der Waals surface area contributed by atoms with E-state index in [1.165, 1.54) is 23.1 Å².